The van der Waals surface area contributed by atoms with Gasteiger partial charge in [-0.15, -0.1) is 0 Å². The standard InChI is InChI=1S/C19H23BN2/c1-3-4-9-22-17-11-15(10-16(12-17)19(20)13-21)18-8-6-5-7-14(18)2/h5-8,10-11,13H,3-4,9,12,21H2,1-2H3/b19-13+,22-17?. The minimum absolute atomic E-state index is 0.627. The fourth-order valence-electron chi connectivity index (χ4n) is 2.53. The first kappa shape index (κ1) is 16.3. The summed E-state index contributed by atoms with van der Waals surface area (Å²) < 4.78 is 0. The van der Waals surface area contributed by atoms with Crippen molar-refractivity contribution in [3.63, 3.8) is 0 Å². The molecule has 1 aliphatic rings. The van der Waals surface area contributed by atoms with Gasteiger partial charge in [-0.25, -0.2) is 0 Å². The molecule has 22 heavy (non-hydrogen) atoms. The quantitative estimate of drug-likeness (QED) is 0.648. The molecule has 1 aliphatic carbocycles. The van der Waals surface area contributed by atoms with Crippen LogP contribution in [0.5, 0.6) is 0 Å². The van der Waals surface area contributed by atoms with Crippen molar-refractivity contribution in [2.24, 2.45) is 10.7 Å². The van der Waals surface area contributed by atoms with E-state index in [4.69, 9.17) is 18.6 Å². The molecule has 0 aromatic heterocycles. The van der Waals surface area contributed by atoms with Crippen LogP contribution < -0.4 is 5.73 Å². The molecule has 0 aliphatic heterocycles. The van der Waals surface area contributed by atoms with E-state index in [1.54, 1.807) is 0 Å². The minimum atomic E-state index is 0.627. The van der Waals surface area contributed by atoms with Crippen molar-refractivity contribution in [1.82, 2.24) is 0 Å². The highest BCUT2D eigenvalue weighted by Gasteiger charge is 2.14. The predicted octanol–water partition coefficient (Wildman–Crippen LogP) is 3.92. The highest BCUT2D eigenvalue weighted by molar-refractivity contribution is 6.25. The van der Waals surface area contributed by atoms with E-state index in [1.807, 2.05) is 0 Å². The Labute approximate surface area is 134 Å². The van der Waals surface area contributed by atoms with Gasteiger partial charge in [0, 0.05) is 18.7 Å². The SMILES string of the molecule is [B]/C(=C/N)C1=CC(c2ccccc2C)=CC(=NCCCC)C1. The number of nitrogens with zero attached hydrogens (tertiary/aromatic N) is 1. The first-order valence-electron chi connectivity index (χ1n) is 7.85. The molecule has 3 heteroatoms. The maximum Gasteiger partial charge on any atom is 0.116 e. The molecule has 1 aromatic rings. The first-order valence-corrected chi connectivity index (χ1v) is 7.85. The molecule has 0 saturated carbocycles. The van der Waals surface area contributed by atoms with Crippen LogP contribution in [0.3, 0.4) is 0 Å². The molecule has 0 bridgehead atoms. The third kappa shape index (κ3) is 4.00. The van der Waals surface area contributed by atoms with Gasteiger partial charge in [0.1, 0.15) is 7.85 Å². The monoisotopic (exact) mass is 290 g/mol. The van der Waals surface area contributed by atoms with Crippen LogP contribution in [0.2, 0.25) is 0 Å². The molecular weight excluding hydrogens is 267 g/mol. The summed E-state index contributed by atoms with van der Waals surface area (Å²) in [5.74, 6) is 0. The van der Waals surface area contributed by atoms with Crippen molar-refractivity contribution >= 4 is 19.1 Å². The molecule has 112 valence electrons. The summed E-state index contributed by atoms with van der Waals surface area (Å²) in [7, 11) is 6.03. The smallest absolute Gasteiger partial charge is 0.116 e. The third-order valence-corrected chi connectivity index (χ3v) is 3.86. The zero-order valence-corrected chi connectivity index (χ0v) is 13.5. The Morgan fingerprint density at radius 1 is 1.32 bits per heavy atom. The lowest BCUT2D eigenvalue weighted by Crippen LogP contribution is -2.08. The summed E-state index contributed by atoms with van der Waals surface area (Å²) in [5, 5.41) is 0. The zero-order valence-electron chi connectivity index (χ0n) is 13.5. The highest BCUT2D eigenvalue weighted by Crippen LogP contribution is 2.28. The van der Waals surface area contributed by atoms with Gasteiger partial charge in [-0.1, -0.05) is 49.2 Å². The largest absolute Gasteiger partial charge is 0.405 e. The molecule has 0 heterocycles. The maximum atomic E-state index is 6.03. The van der Waals surface area contributed by atoms with Gasteiger partial charge in [0.2, 0.25) is 0 Å². The lowest BCUT2D eigenvalue weighted by atomic mass is 9.81. The fraction of sp³-hybridized carbons (Fsp3) is 0.316. The Kier molecular flexibility index (Phi) is 5.82. The van der Waals surface area contributed by atoms with Crippen LogP contribution in [0.25, 0.3) is 5.57 Å². The molecule has 2 radical (unpaired) electrons. The van der Waals surface area contributed by atoms with Crippen LogP contribution in [0.4, 0.5) is 0 Å². The maximum absolute atomic E-state index is 6.03. The number of allylic oxidation sites excluding steroid dienone is 5. The Bertz CT molecular complexity index is 651. The van der Waals surface area contributed by atoms with Gasteiger partial charge >= 0.3 is 0 Å². The minimum Gasteiger partial charge on any atom is -0.405 e. The number of hydrogen-bond donors (Lipinski definition) is 1. The van der Waals surface area contributed by atoms with Crippen molar-refractivity contribution in [1.29, 1.82) is 0 Å². The number of aliphatic imine (C=N–C) groups is 1. The van der Waals surface area contributed by atoms with E-state index in [0.29, 0.717) is 5.47 Å². The molecule has 1 aromatic carbocycles. The second-order valence-corrected chi connectivity index (χ2v) is 5.61. The molecule has 0 unspecified atom stereocenters. The summed E-state index contributed by atoms with van der Waals surface area (Å²) in [6.07, 6.45) is 8.77. The summed E-state index contributed by atoms with van der Waals surface area (Å²) in [6, 6.07) is 8.36. The van der Waals surface area contributed by atoms with Gasteiger partial charge in [0.25, 0.3) is 0 Å². The van der Waals surface area contributed by atoms with E-state index in [-0.39, 0.29) is 0 Å². The number of unbranched alkanes of at least 4 members (excludes halogenated alkanes) is 1. The van der Waals surface area contributed by atoms with E-state index < -0.39 is 0 Å². The number of nitrogens with two attached hydrogens (primary N) is 1. The second kappa shape index (κ2) is 7.83. The molecular formula is C19H23BN2. The average molecular weight is 290 g/mol. The molecule has 2 nitrogen and oxygen atoms in total. The topological polar surface area (TPSA) is 38.4 Å². The van der Waals surface area contributed by atoms with E-state index >= 15 is 0 Å². The lowest BCUT2D eigenvalue weighted by Gasteiger charge is -2.18. The Morgan fingerprint density at radius 3 is 2.77 bits per heavy atom. The van der Waals surface area contributed by atoms with Crippen molar-refractivity contribution in [2.45, 2.75) is 33.1 Å². The van der Waals surface area contributed by atoms with Crippen molar-refractivity contribution in [3.05, 3.63) is 64.8 Å². The predicted molar refractivity (Wildman–Crippen MR) is 97.1 cm³/mol. The zero-order chi connectivity index (χ0) is 15.9. The van der Waals surface area contributed by atoms with Gasteiger partial charge in [-0.05, 0) is 47.9 Å². The summed E-state index contributed by atoms with van der Waals surface area (Å²) in [5.41, 5.74) is 12.0. The van der Waals surface area contributed by atoms with E-state index in [9.17, 15) is 0 Å². The molecule has 0 amide bonds. The van der Waals surface area contributed by atoms with Gasteiger partial charge in [-0.3, -0.25) is 4.99 Å². The van der Waals surface area contributed by atoms with Crippen LogP contribution in [0, 0.1) is 6.92 Å². The summed E-state index contributed by atoms with van der Waals surface area (Å²) >= 11 is 0. The lowest BCUT2D eigenvalue weighted by molar-refractivity contribution is 0.807. The van der Waals surface area contributed by atoms with E-state index in [1.165, 1.54) is 17.3 Å². The summed E-state index contributed by atoms with van der Waals surface area (Å²) in [4.78, 5) is 4.72. The van der Waals surface area contributed by atoms with E-state index in [0.717, 1.165) is 42.7 Å². The van der Waals surface area contributed by atoms with Crippen molar-refractivity contribution in [3.8, 4) is 0 Å². The number of aryl methyl sites for hydroxylation is 1. The van der Waals surface area contributed by atoms with Gasteiger partial charge in [0.15, 0.2) is 0 Å². The molecule has 0 atom stereocenters. The molecule has 0 saturated heterocycles. The Hall–Kier alpha value is -2.03. The van der Waals surface area contributed by atoms with Gasteiger partial charge < -0.3 is 5.73 Å². The number of hydrogen-bond acceptors (Lipinski definition) is 2. The van der Waals surface area contributed by atoms with Crippen LogP contribution in [-0.2, 0) is 0 Å². The fourth-order valence-corrected chi connectivity index (χ4v) is 2.53. The number of rotatable bonds is 5. The van der Waals surface area contributed by atoms with Gasteiger partial charge in [-0.2, -0.15) is 0 Å². The van der Waals surface area contributed by atoms with Crippen LogP contribution >= 0.6 is 0 Å². The second-order valence-electron chi connectivity index (χ2n) is 5.61. The highest BCUT2D eigenvalue weighted by atomic mass is 14.7. The van der Waals surface area contributed by atoms with Crippen LogP contribution in [0.1, 0.15) is 37.3 Å². The molecule has 2 N–H and O–H groups in total. The Balaban J connectivity index is 2.41. The summed E-state index contributed by atoms with van der Waals surface area (Å²) in [6.45, 7) is 5.16. The first-order chi connectivity index (χ1) is 10.7. The van der Waals surface area contributed by atoms with E-state index in [2.05, 4.69) is 50.3 Å². The van der Waals surface area contributed by atoms with Crippen LogP contribution in [-0.4, -0.2) is 20.1 Å². The molecule has 0 spiro atoms. The Morgan fingerprint density at radius 2 is 2.09 bits per heavy atom. The van der Waals surface area contributed by atoms with Crippen molar-refractivity contribution < 1.29 is 0 Å². The average Bonchev–Trinajstić information content (AvgIpc) is 2.54. The van der Waals surface area contributed by atoms with Gasteiger partial charge in [0.05, 0.1) is 0 Å². The number of benzene rings is 1. The van der Waals surface area contributed by atoms with Crippen molar-refractivity contribution in [2.75, 3.05) is 6.54 Å². The van der Waals surface area contributed by atoms with Crippen LogP contribution in [0.15, 0.2) is 58.7 Å². The normalized spacial score (nSPS) is 17.4. The molecule has 0 fully saturated rings. The third-order valence-electron chi connectivity index (χ3n) is 3.86. The molecule has 2 rings (SSSR count).